The van der Waals surface area contributed by atoms with Crippen LogP contribution in [0.25, 0.3) is 11.1 Å². The lowest BCUT2D eigenvalue weighted by atomic mass is 10.2. The Morgan fingerprint density at radius 2 is 1.65 bits per heavy atom. The normalized spacial score (nSPS) is 16.3. The Balaban J connectivity index is 1.57. The van der Waals surface area contributed by atoms with E-state index in [1.54, 1.807) is 13.1 Å². The summed E-state index contributed by atoms with van der Waals surface area (Å²) in [4.78, 5) is 13.9. The molecule has 2 aromatic carbocycles. The second kappa shape index (κ2) is 6.30. The highest BCUT2D eigenvalue weighted by atomic mass is 32.2. The van der Waals surface area contributed by atoms with Gasteiger partial charge in [-0.3, -0.25) is 4.57 Å². The summed E-state index contributed by atoms with van der Waals surface area (Å²) in [5.74, 6) is -0.508. The molecule has 1 fully saturated rings. The van der Waals surface area contributed by atoms with Crippen LogP contribution in [0.3, 0.4) is 0 Å². The lowest BCUT2D eigenvalue weighted by Crippen LogP contribution is -2.48. The van der Waals surface area contributed by atoms with Crippen LogP contribution in [0.5, 0.6) is 0 Å². The molecule has 7 nitrogen and oxygen atoms in total. The molecule has 1 aliphatic heterocycles. The third-order valence-corrected chi connectivity index (χ3v) is 6.66. The number of oxazole rings is 1. The largest absolute Gasteiger partial charge is 0.419 e. The molecule has 8 heteroatoms. The van der Waals surface area contributed by atoms with Gasteiger partial charge in [-0.2, -0.15) is 4.31 Å². The Morgan fingerprint density at radius 3 is 2.35 bits per heavy atom. The van der Waals surface area contributed by atoms with Crippen LogP contribution in [0.1, 0.15) is 0 Å². The van der Waals surface area contributed by atoms with E-state index in [1.807, 2.05) is 30.3 Å². The van der Waals surface area contributed by atoms with Crippen LogP contribution in [-0.4, -0.2) is 43.5 Å². The topological polar surface area (TPSA) is 75.8 Å². The van der Waals surface area contributed by atoms with Gasteiger partial charge in [-0.25, -0.2) is 13.2 Å². The average Bonchev–Trinajstić information content (AvgIpc) is 2.96. The first-order chi connectivity index (χ1) is 12.5. The number of para-hydroxylation sites is 1. The summed E-state index contributed by atoms with van der Waals surface area (Å²) < 4.78 is 33.8. The van der Waals surface area contributed by atoms with Gasteiger partial charge >= 0.3 is 5.76 Å². The minimum Gasteiger partial charge on any atom is -0.408 e. The maximum atomic E-state index is 12.9. The molecule has 1 aromatic heterocycles. The zero-order valence-electron chi connectivity index (χ0n) is 14.3. The number of sulfonamides is 1. The predicted octanol–water partition coefficient (Wildman–Crippen LogP) is 1.64. The maximum Gasteiger partial charge on any atom is 0.419 e. The first-order valence-electron chi connectivity index (χ1n) is 8.36. The molecule has 1 aliphatic rings. The number of hydrogen-bond acceptors (Lipinski definition) is 5. The third-order valence-electron chi connectivity index (χ3n) is 4.76. The first kappa shape index (κ1) is 16.9. The number of aromatic nitrogens is 1. The lowest BCUT2D eigenvalue weighted by molar-refractivity contribution is 0.385. The van der Waals surface area contributed by atoms with Crippen LogP contribution in [0.15, 0.2) is 62.6 Å². The van der Waals surface area contributed by atoms with Crippen molar-refractivity contribution in [3.8, 4) is 0 Å². The first-order valence-corrected chi connectivity index (χ1v) is 9.80. The number of fused-ring (bicyclic) bond motifs is 1. The molecule has 0 bridgehead atoms. The molecule has 0 atom stereocenters. The van der Waals surface area contributed by atoms with E-state index in [1.165, 1.54) is 21.0 Å². The van der Waals surface area contributed by atoms with Crippen LogP contribution in [0.2, 0.25) is 0 Å². The van der Waals surface area contributed by atoms with E-state index in [2.05, 4.69) is 4.90 Å². The number of hydrogen-bond donors (Lipinski definition) is 0. The summed E-state index contributed by atoms with van der Waals surface area (Å²) in [7, 11) is -2.04. The monoisotopic (exact) mass is 373 g/mol. The van der Waals surface area contributed by atoms with Gasteiger partial charge in [0.25, 0.3) is 0 Å². The van der Waals surface area contributed by atoms with Crippen molar-refractivity contribution in [2.24, 2.45) is 7.05 Å². The second-order valence-electron chi connectivity index (χ2n) is 6.28. The number of benzene rings is 2. The number of aryl methyl sites for hydroxylation is 1. The number of rotatable bonds is 3. The molecule has 0 spiro atoms. The van der Waals surface area contributed by atoms with Crippen molar-refractivity contribution < 1.29 is 12.8 Å². The molecular formula is C18H19N3O4S. The van der Waals surface area contributed by atoms with Crippen LogP contribution in [-0.2, 0) is 17.1 Å². The summed E-state index contributed by atoms with van der Waals surface area (Å²) in [6.45, 7) is 2.08. The lowest BCUT2D eigenvalue weighted by Gasteiger charge is -2.35. The zero-order valence-corrected chi connectivity index (χ0v) is 15.1. The van der Waals surface area contributed by atoms with Crippen LogP contribution >= 0.6 is 0 Å². The van der Waals surface area contributed by atoms with Crippen LogP contribution in [0, 0.1) is 0 Å². The number of piperazine rings is 1. The van der Waals surface area contributed by atoms with E-state index in [9.17, 15) is 13.2 Å². The Bertz CT molecular complexity index is 1090. The Morgan fingerprint density at radius 1 is 0.962 bits per heavy atom. The molecule has 0 N–H and O–H groups in total. The molecule has 0 saturated carbocycles. The van der Waals surface area contributed by atoms with Crippen LogP contribution < -0.4 is 10.7 Å². The van der Waals surface area contributed by atoms with Gasteiger partial charge in [0.05, 0.1) is 10.4 Å². The smallest absolute Gasteiger partial charge is 0.408 e. The van der Waals surface area contributed by atoms with E-state index in [0.29, 0.717) is 31.7 Å². The molecule has 0 aliphatic carbocycles. The van der Waals surface area contributed by atoms with Crippen molar-refractivity contribution in [1.82, 2.24) is 8.87 Å². The van der Waals surface area contributed by atoms with E-state index >= 15 is 0 Å². The number of anilines is 1. The van der Waals surface area contributed by atoms with Gasteiger partial charge in [0.2, 0.25) is 10.0 Å². The highest BCUT2D eigenvalue weighted by Gasteiger charge is 2.29. The highest BCUT2D eigenvalue weighted by molar-refractivity contribution is 7.89. The zero-order chi connectivity index (χ0) is 18.3. The quantitative estimate of drug-likeness (QED) is 0.698. The van der Waals surface area contributed by atoms with Crippen molar-refractivity contribution in [3.05, 3.63) is 59.1 Å². The summed E-state index contributed by atoms with van der Waals surface area (Å²) in [6, 6.07) is 14.5. The van der Waals surface area contributed by atoms with Gasteiger partial charge in [0.1, 0.15) is 0 Å². The van der Waals surface area contributed by atoms with E-state index in [4.69, 9.17) is 4.42 Å². The summed E-state index contributed by atoms with van der Waals surface area (Å²) in [6.07, 6.45) is 0. The van der Waals surface area contributed by atoms with Gasteiger partial charge in [-0.15, -0.1) is 0 Å². The second-order valence-corrected chi connectivity index (χ2v) is 8.22. The molecule has 0 unspecified atom stereocenters. The van der Waals surface area contributed by atoms with E-state index in [-0.39, 0.29) is 10.5 Å². The molecule has 4 rings (SSSR count). The molecule has 136 valence electrons. The number of nitrogens with zero attached hydrogens (tertiary/aromatic N) is 3. The van der Waals surface area contributed by atoms with Gasteiger partial charge < -0.3 is 9.32 Å². The fourth-order valence-electron chi connectivity index (χ4n) is 3.25. The molecular weight excluding hydrogens is 354 g/mol. The maximum absolute atomic E-state index is 12.9. The molecule has 1 saturated heterocycles. The summed E-state index contributed by atoms with van der Waals surface area (Å²) in [5.41, 5.74) is 1.95. The van der Waals surface area contributed by atoms with Gasteiger partial charge in [-0.05, 0) is 24.3 Å². The molecule has 2 heterocycles. The Labute approximate surface area is 151 Å². The molecule has 0 amide bonds. The predicted molar refractivity (Wildman–Crippen MR) is 98.9 cm³/mol. The minimum absolute atomic E-state index is 0.146. The summed E-state index contributed by atoms with van der Waals surface area (Å²) in [5, 5.41) is 0. The fourth-order valence-corrected chi connectivity index (χ4v) is 4.69. The molecule has 26 heavy (non-hydrogen) atoms. The Hall–Kier alpha value is -2.58. The average molecular weight is 373 g/mol. The van der Waals surface area contributed by atoms with Gasteiger partial charge in [-0.1, -0.05) is 18.2 Å². The van der Waals surface area contributed by atoms with Crippen molar-refractivity contribution in [2.45, 2.75) is 4.90 Å². The van der Waals surface area contributed by atoms with Gasteiger partial charge in [0.15, 0.2) is 5.58 Å². The van der Waals surface area contributed by atoms with E-state index < -0.39 is 15.8 Å². The van der Waals surface area contributed by atoms with Crippen molar-refractivity contribution in [1.29, 1.82) is 0 Å². The standard InChI is InChI=1S/C18H19N3O4S/c1-19-16-8-7-15(13-17(16)25-18(19)22)26(23,24)21-11-9-20(10-12-21)14-5-3-2-4-6-14/h2-8,13H,9-12H2,1H3. The minimum atomic E-state index is -3.63. The third kappa shape index (κ3) is 2.81. The van der Waals surface area contributed by atoms with Crippen molar-refractivity contribution >= 4 is 26.8 Å². The Kier molecular flexibility index (Phi) is 4.08. The highest BCUT2D eigenvalue weighted by Crippen LogP contribution is 2.23. The molecule has 3 aromatic rings. The fraction of sp³-hybridized carbons (Fsp3) is 0.278. The summed E-state index contributed by atoms with van der Waals surface area (Å²) >= 11 is 0. The van der Waals surface area contributed by atoms with Gasteiger partial charge in [0, 0.05) is 45.0 Å². The van der Waals surface area contributed by atoms with E-state index in [0.717, 1.165) is 5.69 Å². The van der Waals surface area contributed by atoms with Crippen molar-refractivity contribution in [2.75, 3.05) is 31.1 Å². The van der Waals surface area contributed by atoms with Crippen LogP contribution in [0.4, 0.5) is 5.69 Å². The SMILES string of the molecule is Cn1c(=O)oc2cc(S(=O)(=O)N3CCN(c4ccccc4)CC3)ccc21. The molecule has 0 radical (unpaired) electrons. The van der Waals surface area contributed by atoms with Crippen molar-refractivity contribution in [3.63, 3.8) is 0 Å².